The molecule has 1 aromatic heterocycles. The van der Waals surface area contributed by atoms with Crippen molar-refractivity contribution in [2.45, 2.75) is 19.4 Å². The fraction of sp³-hybridized carbons (Fsp3) is 0.400. The molecule has 7 nitrogen and oxygen atoms in total. The van der Waals surface area contributed by atoms with E-state index in [0.717, 1.165) is 5.69 Å². The monoisotopic (exact) mass is 372 g/mol. The number of carbonyl (C=O) groups excluding carboxylic acids is 1. The predicted molar refractivity (Wildman–Crippen MR) is 101 cm³/mol. The number of pyridine rings is 1. The van der Waals surface area contributed by atoms with Crippen LogP contribution in [0.15, 0.2) is 35.1 Å². The first-order chi connectivity index (χ1) is 12.9. The fourth-order valence-corrected chi connectivity index (χ4v) is 3.12. The van der Waals surface area contributed by atoms with Crippen molar-refractivity contribution in [2.75, 3.05) is 27.3 Å². The quantitative estimate of drug-likeness (QED) is 0.803. The van der Waals surface area contributed by atoms with Crippen LogP contribution in [-0.2, 0) is 7.05 Å². The molecule has 0 spiro atoms. The van der Waals surface area contributed by atoms with Gasteiger partial charge in [0.1, 0.15) is 23.4 Å². The lowest BCUT2D eigenvalue weighted by atomic mass is 10.1. The molecule has 1 aliphatic rings. The molecule has 1 aromatic carbocycles. The summed E-state index contributed by atoms with van der Waals surface area (Å²) in [5.41, 5.74) is 1.22. The van der Waals surface area contributed by atoms with Crippen LogP contribution in [0.4, 0.5) is 0 Å². The largest absolute Gasteiger partial charge is 0.497 e. The average Bonchev–Trinajstić information content (AvgIpc) is 3.13. The maximum absolute atomic E-state index is 12.8. The molecule has 1 atom stereocenters. The minimum absolute atomic E-state index is 0.0987. The average molecular weight is 372 g/mol. The van der Waals surface area contributed by atoms with E-state index in [9.17, 15) is 9.59 Å². The number of hydrogen-bond acceptors (Lipinski definition) is 5. The van der Waals surface area contributed by atoms with E-state index in [1.54, 1.807) is 48.9 Å². The van der Waals surface area contributed by atoms with E-state index >= 15 is 0 Å². The Kier molecular flexibility index (Phi) is 5.39. The summed E-state index contributed by atoms with van der Waals surface area (Å²) in [6.07, 6.45) is 0.564. The van der Waals surface area contributed by atoms with Gasteiger partial charge in [-0.1, -0.05) is 0 Å². The number of aryl methyl sites for hydroxylation is 1. The lowest BCUT2D eigenvalue weighted by Gasteiger charge is -2.18. The predicted octanol–water partition coefficient (Wildman–Crippen LogP) is 2.00. The summed E-state index contributed by atoms with van der Waals surface area (Å²) in [5, 5.41) is 0. The molecule has 1 amide bonds. The van der Waals surface area contributed by atoms with Crippen molar-refractivity contribution in [1.29, 1.82) is 0 Å². The van der Waals surface area contributed by atoms with Crippen molar-refractivity contribution < 1.29 is 19.0 Å². The third kappa shape index (κ3) is 4.07. The second-order valence-electron chi connectivity index (χ2n) is 6.61. The Morgan fingerprint density at radius 2 is 1.70 bits per heavy atom. The Bertz CT molecular complexity index is 883. The summed E-state index contributed by atoms with van der Waals surface area (Å²) in [4.78, 5) is 26.5. The summed E-state index contributed by atoms with van der Waals surface area (Å²) < 4.78 is 18.0. The summed E-state index contributed by atoms with van der Waals surface area (Å²) >= 11 is 0. The van der Waals surface area contributed by atoms with Crippen LogP contribution in [0.2, 0.25) is 0 Å². The second-order valence-corrected chi connectivity index (χ2v) is 6.61. The Hall–Kier alpha value is -2.96. The molecule has 1 unspecified atom stereocenters. The van der Waals surface area contributed by atoms with Gasteiger partial charge < -0.3 is 23.7 Å². The van der Waals surface area contributed by atoms with E-state index in [-0.39, 0.29) is 17.6 Å². The fourth-order valence-electron chi connectivity index (χ4n) is 3.12. The smallest absolute Gasteiger partial charge is 0.254 e. The zero-order chi connectivity index (χ0) is 19.6. The maximum atomic E-state index is 12.8. The van der Waals surface area contributed by atoms with Gasteiger partial charge in [-0.05, 0) is 25.1 Å². The lowest BCUT2D eigenvalue weighted by Crippen LogP contribution is -2.31. The summed E-state index contributed by atoms with van der Waals surface area (Å²) in [6, 6.07) is 8.43. The van der Waals surface area contributed by atoms with Gasteiger partial charge in [0.25, 0.3) is 11.5 Å². The Balaban J connectivity index is 1.71. The number of likely N-dealkylation sites (tertiary alicyclic amines) is 1. The van der Waals surface area contributed by atoms with E-state index in [1.807, 2.05) is 13.0 Å². The van der Waals surface area contributed by atoms with Crippen LogP contribution in [0.3, 0.4) is 0 Å². The molecule has 3 rings (SSSR count). The SMILES string of the molecule is COc1cc(OC)cc(C(=O)N2CCC(Oc3cc(C)n(C)c(=O)c3)C2)c1. The van der Waals surface area contributed by atoms with E-state index in [1.165, 1.54) is 6.07 Å². The van der Waals surface area contributed by atoms with Crippen molar-refractivity contribution in [3.8, 4) is 17.2 Å². The lowest BCUT2D eigenvalue weighted by molar-refractivity contribution is 0.0771. The topological polar surface area (TPSA) is 70.0 Å². The van der Waals surface area contributed by atoms with Crippen molar-refractivity contribution in [3.05, 3.63) is 51.9 Å². The third-order valence-corrected chi connectivity index (χ3v) is 4.81. The van der Waals surface area contributed by atoms with E-state index in [4.69, 9.17) is 14.2 Å². The summed E-state index contributed by atoms with van der Waals surface area (Å²) in [6.45, 7) is 2.91. The first-order valence-corrected chi connectivity index (χ1v) is 8.78. The first kappa shape index (κ1) is 18.8. The molecule has 27 heavy (non-hydrogen) atoms. The van der Waals surface area contributed by atoms with Crippen molar-refractivity contribution in [3.63, 3.8) is 0 Å². The zero-order valence-electron chi connectivity index (χ0n) is 16.0. The van der Waals surface area contributed by atoms with Gasteiger partial charge in [0.05, 0.1) is 20.8 Å². The third-order valence-electron chi connectivity index (χ3n) is 4.81. The number of aromatic nitrogens is 1. The summed E-state index contributed by atoms with van der Waals surface area (Å²) in [7, 11) is 4.82. The standard InChI is InChI=1S/C20H24N2O5/c1-13-7-18(11-19(23)21(13)2)27-15-5-6-22(12-15)20(24)14-8-16(25-3)10-17(9-14)26-4/h7-11,15H,5-6,12H2,1-4H3. The van der Waals surface area contributed by atoms with Crippen molar-refractivity contribution >= 4 is 5.91 Å². The van der Waals surface area contributed by atoms with Crippen LogP contribution in [0.25, 0.3) is 0 Å². The molecule has 2 aromatic rings. The van der Waals surface area contributed by atoms with Crippen LogP contribution < -0.4 is 19.8 Å². The highest BCUT2D eigenvalue weighted by Crippen LogP contribution is 2.25. The number of methoxy groups -OCH3 is 2. The van der Waals surface area contributed by atoms with Crippen LogP contribution in [0.5, 0.6) is 17.2 Å². The van der Waals surface area contributed by atoms with Gasteiger partial charge in [-0.3, -0.25) is 9.59 Å². The number of amides is 1. The molecular formula is C20H24N2O5. The highest BCUT2D eigenvalue weighted by atomic mass is 16.5. The highest BCUT2D eigenvalue weighted by molar-refractivity contribution is 5.95. The molecule has 7 heteroatoms. The van der Waals surface area contributed by atoms with Crippen molar-refractivity contribution in [1.82, 2.24) is 9.47 Å². The molecule has 144 valence electrons. The minimum atomic E-state index is -0.145. The van der Waals surface area contributed by atoms with Crippen LogP contribution in [-0.4, -0.2) is 48.8 Å². The molecule has 0 radical (unpaired) electrons. The molecule has 1 fully saturated rings. The van der Waals surface area contributed by atoms with E-state index in [2.05, 4.69) is 0 Å². The Labute approximate surface area is 158 Å². The van der Waals surface area contributed by atoms with Crippen LogP contribution >= 0.6 is 0 Å². The van der Waals surface area contributed by atoms with E-state index < -0.39 is 0 Å². The Morgan fingerprint density at radius 3 is 2.30 bits per heavy atom. The molecule has 2 heterocycles. The molecule has 1 saturated heterocycles. The van der Waals surface area contributed by atoms with Gasteiger partial charge in [0.15, 0.2) is 0 Å². The number of nitrogens with zero attached hydrogens (tertiary/aromatic N) is 2. The Morgan fingerprint density at radius 1 is 1.04 bits per heavy atom. The van der Waals surface area contributed by atoms with Gasteiger partial charge in [0, 0.05) is 43.4 Å². The molecule has 0 bridgehead atoms. The normalized spacial score (nSPS) is 16.3. The number of hydrogen-bond donors (Lipinski definition) is 0. The maximum Gasteiger partial charge on any atom is 0.254 e. The highest BCUT2D eigenvalue weighted by Gasteiger charge is 2.29. The van der Waals surface area contributed by atoms with Crippen molar-refractivity contribution in [2.24, 2.45) is 7.05 Å². The van der Waals surface area contributed by atoms with Crippen LogP contribution in [0, 0.1) is 6.92 Å². The number of benzene rings is 1. The number of carbonyl (C=O) groups is 1. The molecule has 0 N–H and O–H groups in total. The molecule has 0 aliphatic carbocycles. The second kappa shape index (κ2) is 7.73. The van der Waals surface area contributed by atoms with Gasteiger partial charge in [-0.15, -0.1) is 0 Å². The van der Waals surface area contributed by atoms with Gasteiger partial charge in [0.2, 0.25) is 0 Å². The van der Waals surface area contributed by atoms with E-state index in [0.29, 0.717) is 42.3 Å². The molecular weight excluding hydrogens is 348 g/mol. The number of rotatable bonds is 5. The zero-order valence-corrected chi connectivity index (χ0v) is 16.0. The van der Waals surface area contributed by atoms with Gasteiger partial charge in [-0.2, -0.15) is 0 Å². The minimum Gasteiger partial charge on any atom is -0.497 e. The number of ether oxygens (including phenoxy) is 3. The van der Waals surface area contributed by atoms with Gasteiger partial charge in [-0.25, -0.2) is 0 Å². The summed E-state index contributed by atoms with van der Waals surface area (Å²) in [5.74, 6) is 1.58. The molecule has 1 aliphatic heterocycles. The van der Waals surface area contributed by atoms with Crippen LogP contribution in [0.1, 0.15) is 22.5 Å². The van der Waals surface area contributed by atoms with Gasteiger partial charge >= 0.3 is 0 Å². The first-order valence-electron chi connectivity index (χ1n) is 8.78. The molecule has 0 saturated carbocycles.